The Balaban J connectivity index is 1.24. The average molecular weight is 484 g/mol. The summed E-state index contributed by atoms with van der Waals surface area (Å²) in [5.74, 6) is 1.03. The van der Waals surface area contributed by atoms with E-state index in [4.69, 9.17) is 4.74 Å². The van der Waals surface area contributed by atoms with E-state index in [0.717, 1.165) is 37.1 Å². The number of ether oxygens (including phenoxy) is 1. The smallest absolute Gasteiger partial charge is 0.253 e. The number of aliphatic hydroxyl groups excluding tert-OH is 1. The van der Waals surface area contributed by atoms with Gasteiger partial charge in [0.15, 0.2) is 0 Å². The zero-order valence-electron chi connectivity index (χ0n) is 21.0. The molecule has 1 unspecified atom stereocenters. The molecule has 2 aliphatic heterocycles. The summed E-state index contributed by atoms with van der Waals surface area (Å²) < 4.78 is 20.6. The van der Waals surface area contributed by atoms with Crippen LogP contribution in [-0.4, -0.2) is 76.9 Å². The van der Waals surface area contributed by atoms with Crippen LogP contribution in [0.1, 0.15) is 56.3 Å². The Morgan fingerprint density at radius 3 is 2.31 bits per heavy atom. The Bertz CT molecular complexity index is 954. The van der Waals surface area contributed by atoms with Gasteiger partial charge in [-0.05, 0) is 74.9 Å². The quantitative estimate of drug-likeness (QED) is 0.566. The van der Waals surface area contributed by atoms with E-state index in [1.807, 2.05) is 50.2 Å². The van der Waals surface area contributed by atoms with E-state index < -0.39 is 11.8 Å². The summed E-state index contributed by atoms with van der Waals surface area (Å²) in [6.45, 7) is 7.87. The Kier molecular flexibility index (Phi) is 8.39. The van der Waals surface area contributed by atoms with Crippen molar-refractivity contribution >= 4 is 5.91 Å². The minimum Gasteiger partial charge on any atom is -0.477 e. The molecule has 1 aromatic heterocycles. The van der Waals surface area contributed by atoms with Crippen molar-refractivity contribution in [1.82, 2.24) is 14.8 Å². The van der Waals surface area contributed by atoms with Gasteiger partial charge in [0.2, 0.25) is 5.88 Å². The first-order valence-corrected chi connectivity index (χ1v) is 13.0. The maximum absolute atomic E-state index is 14.7. The maximum Gasteiger partial charge on any atom is 0.253 e. The van der Waals surface area contributed by atoms with Gasteiger partial charge in [0.1, 0.15) is 5.67 Å². The zero-order chi connectivity index (χ0) is 24.8. The second-order valence-electron chi connectivity index (χ2n) is 10.0. The molecule has 0 radical (unpaired) electrons. The number of carbonyl (C=O) groups is 1. The highest BCUT2D eigenvalue weighted by Gasteiger charge is 2.30. The third kappa shape index (κ3) is 6.58. The van der Waals surface area contributed by atoms with Gasteiger partial charge in [-0.15, -0.1) is 0 Å². The van der Waals surface area contributed by atoms with Crippen molar-refractivity contribution in [3.63, 3.8) is 0 Å². The highest BCUT2D eigenvalue weighted by atomic mass is 19.1. The number of alkyl halides is 1. The molecule has 2 aromatic rings. The summed E-state index contributed by atoms with van der Waals surface area (Å²) in [6.07, 6.45) is 5.19. The summed E-state index contributed by atoms with van der Waals surface area (Å²) in [5.41, 5.74) is 1.51. The molecule has 2 saturated heterocycles. The van der Waals surface area contributed by atoms with Gasteiger partial charge in [0.05, 0.1) is 12.7 Å². The van der Waals surface area contributed by atoms with Crippen LogP contribution >= 0.6 is 0 Å². The highest BCUT2D eigenvalue weighted by Crippen LogP contribution is 2.26. The molecule has 35 heavy (non-hydrogen) atoms. The van der Waals surface area contributed by atoms with Gasteiger partial charge in [-0.3, -0.25) is 4.79 Å². The molecular formula is C28H38FN3O3. The van der Waals surface area contributed by atoms with Crippen LogP contribution < -0.4 is 4.74 Å². The number of aromatic nitrogens is 1. The van der Waals surface area contributed by atoms with Crippen molar-refractivity contribution in [1.29, 1.82) is 0 Å². The lowest BCUT2D eigenvalue weighted by molar-refractivity contribution is 0.0565. The van der Waals surface area contributed by atoms with Gasteiger partial charge in [0, 0.05) is 43.0 Å². The van der Waals surface area contributed by atoms with Gasteiger partial charge in [-0.1, -0.05) is 26.0 Å². The number of halogens is 1. The fourth-order valence-electron chi connectivity index (χ4n) is 4.94. The molecule has 7 heteroatoms. The van der Waals surface area contributed by atoms with Crippen LogP contribution in [-0.2, 0) is 0 Å². The third-order valence-electron chi connectivity index (χ3n) is 7.60. The molecule has 3 heterocycles. The number of amides is 1. The highest BCUT2D eigenvalue weighted by molar-refractivity contribution is 5.94. The lowest BCUT2D eigenvalue weighted by Crippen LogP contribution is -2.44. The number of β-amino-alcohol motifs (C(OH)–C–C–N with tert-alkyl or cyclic N) is 1. The first kappa shape index (κ1) is 25.6. The van der Waals surface area contributed by atoms with Crippen molar-refractivity contribution in [2.75, 3.05) is 39.3 Å². The van der Waals surface area contributed by atoms with Crippen molar-refractivity contribution in [2.24, 2.45) is 5.92 Å². The molecule has 2 aliphatic rings. The number of nitrogens with zero attached hydrogens (tertiary/aromatic N) is 3. The Morgan fingerprint density at radius 1 is 1.06 bits per heavy atom. The van der Waals surface area contributed by atoms with E-state index >= 15 is 0 Å². The van der Waals surface area contributed by atoms with Crippen LogP contribution in [0.2, 0.25) is 0 Å². The van der Waals surface area contributed by atoms with Crippen LogP contribution in [0.5, 0.6) is 5.88 Å². The van der Waals surface area contributed by atoms with Crippen LogP contribution in [0, 0.1) is 5.92 Å². The monoisotopic (exact) mass is 483 g/mol. The fraction of sp³-hybridized carbons (Fsp3) is 0.571. The molecule has 2 fully saturated rings. The number of pyridine rings is 1. The summed E-state index contributed by atoms with van der Waals surface area (Å²) in [7, 11) is 0. The molecule has 1 N–H and O–H groups in total. The third-order valence-corrected chi connectivity index (χ3v) is 7.60. The topological polar surface area (TPSA) is 65.9 Å². The van der Waals surface area contributed by atoms with E-state index in [1.165, 1.54) is 0 Å². The van der Waals surface area contributed by atoms with E-state index in [0.29, 0.717) is 62.9 Å². The normalized spacial score (nSPS) is 19.8. The second-order valence-corrected chi connectivity index (χ2v) is 10.0. The average Bonchev–Trinajstić information content (AvgIpc) is 3.34. The molecule has 0 aliphatic carbocycles. The summed E-state index contributed by atoms with van der Waals surface area (Å²) in [6, 6.07) is 11.4. The molecule has 1 aromatic carbocycles. The lowest BCUT2D eigenvalue weighted by atomic mass is 9.94. The summed E-state index contributed by atoms with van der Waals surface area (Å²) in [4.78, 5) is 21.0. The first-order valence-electron chi connectivity index (χ1n) is 13.0. The van der Waals surface area contributed by atoms with E-state index in [9.17, 15) is 14.3 Å². The molecule has 0 bridgehead atoms. The van der Waals surface area contributed by atoms with Crippen LogP contribution in [0.25, 0.3) is 11.1 Å². The second kappa shape index (κ2) is 11.5. The van der Waals surface area contributed by atoms with E-state index in [1.54, 1.807) is 11.1 Å². The summed E-state index contributed by atoms with van der Waals surface area (Å²) >= 11 is 0. The molecule has 0 saturated carbocycles. The predicted octanol–water partition coefficient (Wildman–Crippen LogP) is 4.57. The number of benzene rings is 1. The molecule has 6 nitrogen and oxygen atoms in total. The van der Waals surface area contributed by atoms with Gasteiger partial charge in [-0.25, -0.2) is 9.37 Å². The number of piperidine rings is 1. The molecule has 4 rings (SSSR count). The standard InChI is InChI=1S/C28H38FN3O3/c1-3-28(29,4-2)20-31-14-11-21(12-15-31)19-35-26-10-9-24(17-30-26)22-5-7-23(8-6-22)27(34)32-16-13-25(33)18-32/h5-10,17,21,25,33H,3-4,11-16,18-20H2,1-2H3. The Labute approximate surface area is 208 Å². The van der Waals surface area contributed by atoms with Crippen LogP contribution in [0.3, 0.4) is 0 Å². The molecule has 1 amide bonds. The van der Waals surface area contributed by atoms with Crippen molar-refractivity contribution in [2.45, 2.75) is 57.7 Å². The zero-order valence-corrected chi connectivity index (χ0v) is 21.0. The molecule has 0 spiro atoms. The Hall–Kier alpha value is -2.51. The van der Waals surface area contributed by atoms with Crippen LogP contribution in [0.15, 0.2) is 42.6 Å². The number of hydrogen-bond donors (Lipinski definition) is 1. The molecular weight excluding hydrogens is 445 g/mol. The SMILES string of the molecule is CCC(F)(CC)CN1CCC(COc2ccc(-c3ccc(C(=O)N4CCC(O)C4)cc3)cn2)CC1. The minimum atomic E-state index is -1.07. The van der Waals surface area contributed by atoms with Crippen LogP contribution in [0.4, 0.5) is 4.39 Å². The number of likely N-dealkylation sites (tertiary alicyclic amines) is 2. The maximum atomic E-state index is 14.7. The summed E-state index contributed by atoms with van der Waals surface area (Å²) in [5, 5.41) is 9.66. The number of rotatable bonds is 9. The van der Waals surface area contributed by atoms with Gasteiger partial charge >= 0.3 is 0 Å². The molecule has 190 valence electrons. The number of aliphatic hydroxyl groups is 1. The minimum absolute atomic E-state index is 0.0412. The predicted molar refractivity (Wildman–Crippen MR) is 135 cm³/mol. The van der Waals surface area contributed by atoms with Gasteiger partial charge < -0.3 is 19.6 Å². The van der Waals surface area contributed by atoms with Crippen molar-refractivity contribution in [3.8, 4) is 17.0 Å². The molecule has 1 atom stereocenters. The Morgan fingerprint density at radius 2 is 1.74 bits per heavy atom. The lowest BCUT2D eigenvalue weighted by Gasteiger charge is -2.36. The number of carbonyl (C=O) groups excluding carboxylic acids is 1. The van der Waals surface area contributed by atoms with Crippen molar-refractivity contribution in [3.05, 3.63) is 48.2 Å². The van der Waals surface area contributed by atoms with Crippen molar-refractivity contribution < 1.29 is 19.0 Å². The largest absolute Gasteiger partial charge is 0.477 e. The van der Waals surface area contributed by atoms with Gasteiger partial charge in [-0.2, -0.15) is 0 Å². The van der Waals surface area contributed by atoms with Gasteiger partial charge in [0.25, 0.3) is 5.91 Å². The fourth-order valence-corrected chi connectivity index (χ4v) is 4.94. The number of hydrogen-bond acceptors (Lipinski definition) is 5. The van der Waals surface area contributed by atoms with E-state index in [2.05, 4.69) is 9.88 Å². The van der Waals surface area contributed by atoms with E-state index in [-0.39, 0.29) is 5.91 Å². The first-order chi connectivity index (χ1) is 16.9.